The molecule has 0 radical (unpaired) electrons. The zero-order valence-corrected chi connectivity index (χ0v) is 5.51. The maximum Gasteiger partial charge on any atom is 0.154 e. The van der Waals surface area contributed by atoms with Crippen molar-refractivity contribution in [1.29, 1.82) is 0 Å². The highest BCUT2D eigenvalue weighted by atomic mass is 16.5. The van der Waals surface area contributed by atoms with E-state index in [-0.39, 0.29) is 11.8 Å². The second-order valence-electron chi connectivity index (χ2n) is 2.73. The molecule has 4 N–H and O–H groups in total. The van der Waals surface area contributed by atoms with Crippen molar-refractivity contribution in [2.24, 2.45) is 11.8 Å². The van der Waals surface area contributed by atoms with Gasteiger partial charge in [-0.05, 0) is 12.8 Å². The molecule has 0 aromatic heterocycles. The summed E-state index contributed by atoms with van der Waals surface area (Å²) in [5.41, 5.74) is 0. The van der Waals surface area contributed by atoms with Crippen LogP contribution in [0.1, 0.15) is 12.8 Å². The first-order valence-corrected chi connectivity index (χ1v) is 3.35. The largest absolute Gasteiger partial charge is 0.368 e. The highest BCUT2D eigenvalue weighted by Crippen LogP contribution is 2.37. The van der Waals surface area contributed by atoms with E-state index in [4.69, 9.17) is 20.4 Å². The van der Waals surface area contributed by atoms with Crippen LogP contribution in [0.25, 0.3) is 0 Å². The molecular formula is C6H12O4. The molecule has 60 valence electrons. The van der Waals surface area contributed by atoms with Gasteiger partial charge in [0.2, 0.25) is 0 Å². The number of aliphatic hydroxyl groups is 4. The van der Waals surface area contributed by atoms with E-state index in [1.165, 1.54) is 0 Å². The van der Waals surface area contributed by atoms with Crippen molar-refractivity contribution in [3.63, 3.8) is 0 Å². The zero-order chi connectivity index (χ0) is 7.72. The van der Waals surface area contributed by atoms with E-state index < -0.39 is 12.6 Å². The number of rotatable bonds is 2. The molecule has 0 aromatic carbocycles. The summed E-state index contributed by atoms with van der Waals surface area (Å²) in [6.45, 7) is 0. The van der Waals surface area contributed by atoms with Gasteiger partial charge >= 0.3 is 0 Å². The zero-order valence-electron chi connectivity index (χ0n) is 5.51. The molecule has 1 rings (SSSR count). The topological polar surface area (TPSA) is 80.9 Å². The lowest BCUT2D eigenvalue weighted by Gasteiger charge is -2.38. The molecular weight excluding hydrogens is 136 g/mol. The molecule has 0 heterocycles. The Bertz CT molecular complexity index is 98.3. The summed E-state index contributed by atoms with van der Waals surface area (Å²) < 4.78 is 0. The smallest absolute Gasteiger partial charge is 0.154 e. The van der Waals surface area contributed by atoms with E-state index in [1.54, 1.807) is 0 Å². The first kappa shape index (κ1) is 7.94. The molecule has 4 nitrogen and oxygen atoms in total. The van der Waals surface area contributed by atoms with Crippen molar-refractivity contribution in [3.8, 4) is 0 Å². The average molecular weight is 148 g/mol. The SMILES string of the molecule is OC(O)C1CCC1C(O)O. The Balaban J connectivity index is 2.36. The Kier molecular flexibility index (Phi) is 2.25. The predicted octanol–water partition coefficient (Wildman–Crippen LogP) is -1.37. The number of hydrogen-bond donors (Lipinski definition) is 4. The summed E-state index contributed by atoms with van der Waals surface area (Å²) in [5, 5.41) is 34.5. The molecule has 0 amide bonds. The maximum atomic E-state index is 8.62. The van der Waals surface area contributed by atoms with Crippen LogP contribution in [0.5, 0.6) is 0 Å². The summed E-state index contributed by atoms with van der Waals surface area (Å²) in [7, 11) is 0. The van der Waals surface area contributed by atoms with E-state index in [2.05, 4.69) is 0 Å². The van der Waals surface area contributed by atoms with Gasteiger partial charge in [0.25, 0.3) is 0 Å². The lowest BCUT2D eigenvalue weighted by molar-refractivity contribution is -0.194. The first-order chi connectivity index (χ1) is 4.63. The minimum absolute atomic E-state index is 0.347. The third-order valence-corrected chi connectivity index (χ3v) is 2.15. The maximum absolute atomic E-state index is 8.62. The number of aliphatic hydroxyl groups excluding tert-OH is 2. The van der Waals surface area contributed by atoms with Gasteiger partial charge < -0.3 is 20.4 Å². The van der Waals surface area contributed by atoms with Crippen LogP contribution in [-0.2, 0) is 0 Å². The highest BCUT2D eigenvalue weighted by Gasteiger charge is 2.39. The molecule has 0 saturated heterocycles. The minimum atomic E-state index is -1.40. The fourth-order valence-corrected chi connectivity index (χ4v) is 1.29. The van der Waals surface area contributed by atoms with Crippen LogP contribution in [0.2, 0.25) is 0 Å². The first-order valence-electron chi connectivity index (χ1n) is 3.35. The van der Waals surface area contributed by atoms with Crippen molar-refractivity contribution in [2.75, 3.05) is 0 Å². The Hall–Kier alpha value is -0.160. The van der Waals surface area contributed by atoms with E-state index >= 15 is 0 Å². The molecule has 2 atom stereocenters. The van der Waals surface area contributed by atoms with Crippen LogP contribution in [0.3, 0.4) is 0 Å². The van der Waals surface area contributed by atoms with Crippen LogP contribution in [0, 0.1) is 11.8 Å². The van der Waals surface area contributed by atoms with Crippen LogP contribution in [-0.4, -0.2) is 33.0 Å². The van der Waals surface area contributed by atoms with Gasteiger partial charge in [0.1, 0.15) is 0 Å². The quantitative estimate of drug-likeness (QED) is 0.364. The van der Waals surface area contributed by atoms with E-state index in [1.807, 2.05) is 0 Å². The second-order valence-corrected chi connectivity index (χ2v) is 2.73. The molecule has 1 aliphatic carbocycles. The van der Waals surface area contributed by atoms with Gasteiger partial charge in [0, 0.05) is 11.8 Å². The van der Waals surface area contributed by atoms with E-state index in [9.17, 15) is 0 Å². The van der Waals surface area contributed by atoms with E-state index in [0.29, 0.717) is 12.8 Å². The summed E-state index contributed by atoms with van der Waals surface area (Å²) in [6, 6.07) is 0. The molecule has 0 bridgehead atoms. The lowest BCUT2D eigenvalue weighted by Crippen LogP contribution is -2.42. The van der Waals surface area contributed by atoms with Crippen LogP contribution < -0.4 is 0 Å². The fraction of sp³-hybridized carbons (Fsp3) is 1.00. The van der Waals surface area contributed by atoms with Gasteiger partial charge in [0.15, 0.2) is 12.6 Å². The molecule has 1 aliphatic rings. The molecule has 2 unspecified atom stereocenters. The third-order valence-electron chi connectivity index (χ3n) is 2.15. The van der Waals surface area contributed by atoms with Crippen molar-refractivity contribution in [2.45, 2.75) is 25.4 Å². The average Bonchev–Trinajstić information content (AvgIpc) is 1.56. The summed E-state index contributed by atoms with van der Waals surface area (Å²) >= 11 is 0. The molecule has 0 aromatic rings. The standard InChI is InChI=1S/C6H12O4/c7-5(8)3-1-2-4(3)6(9)10/h3-10H,1-2H2. The lowest BCUT2D eigenvalue weighted by atomic mass is 9.73. The highest BCUT2D eigenvalue weighted by molar-refractivity contribution is 4.82. The van der Waals surface area contributed by atoms with Crippen LogP contribution in [0.15, 0.2) is 0 Å². The predicted molar refractivity (Wildman–Crippen MR) is 32.7 cm³/mol. The number of hydrogen-bond acceptors (Lipinski definition) is 4. The van der Waals surface area contributed by atoms with Gasteiger partial charge in [-0.25, -0.2) is 0 Å². The summed E-state index contributed by atoms with van der Waals surface area (Å²) in [4.78, 5) is 0. The van der Waals surface area contributed by atoms with E-state index in [0.717, 1.165) is 0 Å². The Morgan fingerprint density at radius 1 is 0.800 bits per heavy atom. The molecule has 10 heavy (non-hydrogen) atoms. The summed E-state index contributed by atoms with van der Waals surface area (Å²) in [5.74, 6) is -0.694. The fourth-order valence-electron chi connectivity index (χ4n) is 1.29. The third kappa shape index (κ3) is 1.29. The van der Waals surface area contributed by atoms with Gasteiger partial charge in [-0.2, -0.15) is 0 Å². The van der Waals surface area contributed by atoms with Crippen molar-refractivity contribution < 1.29 is 20.4 Å². The Morgan fingerprint density at radius 2 is 1.10 bits per heavy atom. The normalized spacial score (nSPS) is 33.0. The summed E-state index contributed by atoms with van der Waals surface area (Å²) in [6.07, 6.45) is -1.47. The van der Waals surface area contributed by atoms with Crippen LogP contribution in [0.4, 0.5) is 0 Å². The molecule has 0 aliphatic heterocycles. The van der Waals surface area contributed by atoms with Crippen molar-refractivity contribution >= 4 is 0 Å². The van der Waals surface area contributed by atoms with Gasteiger partial charge in [0.05, 0.1) is 0 Å². The molecule has 4 heteroatoms. The van der Waals surface area contributed by atoms with Crippen molar-refractivity contribution in [1.82, 2.24) is 0 Å². The minimum Gasteiger partial charge on any atom is -0.368 e. The van der Waals surface area contributed by atoms with Gasteiger partial charge in [-0.3, -0.25) is 0 Å². The van der Waals surface area contributed by atoms with Gasteiger partial charge in [-0.15, -0.1) is 0 Å². The second kappa shape index (κ2) is 2.84. The molecule has 1 fully saturated rings. The molecule has 0 spiro atoms. The van der Waals surface area contributed by atoms with Crippen LogP contribution >= 0.6 is 0 Å². The Labute approximate surface area is 58.7 Å². The van der Waals surface area contributed by atoms with Gasteiger partial charge in [-0.1, -0.05) is 0 Å². The van der Waals surface area contributed by atoms with Crippen molar-refractivity contribution in [3.05, 3.63) is 0 Å². The molecule has 1 saturated carbocycles. The monoisotopic (exact) mass is 148 g/mol. The Morgan fingerprint density at radius 3 is 1.20 bits per heavy atom.